The van der Waals surface area contributed by atoms with Gasteiger partial charge in [0.1, 0.15) is 0 Å². The van der Waals surface area contributed by atoms with E-state index in [-0.39, 0.29) is 17.3 Å². The maximum absolute atomic E-state index is 12.1. The summed E-state index contributed by atoms with van der Waals surface area (Å²) in [6.45, 7) is 2.57. The van der Waals surface area contributed by atoms with Crippen LogP contribution < -0.4 is 11.2 Å². The van der Waals surface area contributed by atoms with Crippen molar-refractivity contribution in [2.75, 3.05) is 19.8 Å². The zero-order chi connectivity index (χ0) is 16.6. The van der Waals surface area contributed by atoms with E-state index in [9.17, 15) is 9.59 Å². The molecule has 0 bridgehead atoms. The minimum absolute atomic E-state index is 0.114. The summed E-state index contributed by atoms with van der Waals surface area (Å²) in [7, 11) is 5.21. The molecule has 0 spiro atoms. The summed E-state index contributed by atoms with van der Waals surface area (Å²) in [6, 6.07) is 5.74. The molecule has 7 nitrogen and oxygen atoms in total. The Balaban J connectivity index is 1.93. The van der Waals surface area contributed by atoms with E-state index >= 15 is 0 Å². The molecule has 0 radical (unpaired) electrons. The molecule has 0 unspecified atom stereocenters. The van der Waals surface area contributed by atoms with Gasteiger partial charge in [-0.05, 0) is 12.1 Å². The number of ether oxygens (including phenoxy) is 1. The van der Waals surface area contributed by atoms with E-state index in [1.54, 1.807) is 17.7 Å². The summed E-state index contributed by atoms with van der Waals surface area (Å²) in [5.74, 6) is 0. The number of aromatic nitrogens is 3. The molecule has 1 fully saturated rings. The number of morpholine rings is 1. The Morgan fingerprint density at radius 3 is 2.70 bits per heavy atom. The summed E-state index contributed by atoms with van der Waals surface area (Å²) in [4.78, 5) is 26.3. The average molecular weight is 318 g/mol. The third-order valence-electron chi connectivity index (χ3n) is 4.56. The molecule has 1 saturated heterocycles. The Bertz CT molecular complexity index is 817. The van der Waals surface area contributed by atoms with E-state index in [2.05, 4.69) is 15.5 Å². The first-order chi connectivity index (χ1) is 11.0. The van der Waals surface area contributed by atoms with Crippen molar-refractivity contribution in [3.63, 3.8) is 0 Å². The number of nitrogens with zero attached hydrogens (tertiary/aromatic N) is 4. The maximum atomic E-state index is 12.1. The zero-order valence-corrected chi connectivity index (χ0v) is 13.7. The highest BCUT2D eigenvalue weighted by Crippen LogP contribution is 2.25. The van der Waals surface area contributed by atoms with Gasteiger partial charge >= 0.3 is 5.69 Å². The largest absolute Gasteiger partial charge is 0.378 e. The fourth-order valence-corrected chi connectivity index (χ4v) is 3.06. The molecule has 0 aliphatic carbocycles. The van der Waals surface area contributed by atoms with Crippen molar-refractivity contribution in [3.8, 4) is 0 Å². The van der Waals surface area contributed by atoms with Gasteiger partial charge in [-0.3, -0.25) is 18.8 Å². The van der Waals surface area contributed by atoms with Gasteiger partial charge in [0.2, 0.25) is 0 Å². The Morgan fingerprint density at radius 1 is 1.22 bits per heavy atom. The molecular weight excluding hydrogens is 296 g/mol. The Kier molecular flexibility index (Phi) is 4.23. The summed E-state index contributed by atoms with van der Waals surface area (Å²) in [5.41, 5.74) is 1.32. The van der Waals surface area contributed by atoms with Crippen LogP contribution in [-0.4, -0.2) is 38.4 Å². The lowest BCUT2D eigenvalue weighted by atomic mass is 10.1. The van der Waals surface area contributed by atoms with Crippen molar-refractivity contribution in [1.82, 2.24) is 18.6 Å². The van der Waals surface area contributed by atoms with Gasteiger partial charge in [0, 0.05) is 57.9 Å². The van der Waals surface area contributed by atoms with Crippen LogP contribution >= 0.6 is 0 Å². The second-order valence-electron chi connectivity index (χ2n) is 5.98. The van der Waals surface area contributed by atoms with Gasteiger partial charge < -0.3 is 9.30 Å². The smallest absolute Gasteiger partial charge is 0.330 e. The van der Waals surface area contributed by atoms with Crippen molar-refractivity contribution >= 4 is 0 Å². The standard InChI is InChI=1S/C16H22N4O3/c1-17-6-4-5-13(17)14-11-23-8-7-20(14)10-12-9-15(21)19(3)16(22)18(12)2/h4-6,9,14H,7-8,10-11H2,1-3H3/t14-/m0/s1. The molecule has 3 rings (SSSR count). The zero-order valence-electron chi connectivity index (χ0n) is 13.7. The second-order valence-corrected chi connectivity index (χ2v) is 5.98. The monoisotopic (exact) mass is 318 g/mol. The van der Waals surface area contributed by atoms with Crippen LogP contribution in [0, 0.1) is 0 Å². The van der Waals surface area contributed by atoms with Crippen LogP contribution in [0.1, 0.15) is 17.4 Å². The third kappa shape index (κ3) is 2.89. The lowest BCUT2D eigenvalue weighted by Crippen LogP contribution is -2.43. The quantitative estimate of drug-likeness (QED) is 0.799. The minimum Gasteiger partial charge on any atom is -0.378 e. The van der Waals surface area contributed by atoms with Gasteiger partial charge in [-0.1, -0.05) is 0 Å². The normalized spacial score (nSPS) is 19.2. The number of rotatable bonds is 3. The number of hydrogen-bond acceptors (Lipinski definition) is 4. The molecule has 0 N–H and O–H groups in total. The highest BCUT2D eigenvalue weighted by molar-refractivity contribution is 5.13. The summed E-state index contributed by atoms with van der Waals surface area (Å²) in [5, 5.41) is 0. The van der Waals surface area contributed by atoms with Gasteiger partial charge in [-0.25, -0.2) is 4.79 Å². The predicted octanol–water partition coefficient (Wildman–Crippen LogP) is -0.00400. The van der Waals surface area contributed by atoms with Crippen LogP contribution in [0.25, 0.3) is 0 Å². The van der Waals surface area contributed by atoms with Gasteiger partial charge in [-0.2, -0.15) is 0 Å². The van der Waals surface area contributed by atoms with Gasteiger partial charge in [0.25, 0.3) is 5.56 Å². The van der Waals surface area contributed by atoms with Crippen molar-refractivity contribution in [2.45, 2.75) is 12.6 Å². The van der Waals surface area contributed by atoms with Crippen molar-refractivity contribution in [3.05, 3.63) is 56.6 Å². The van der Waals surface area contributed by atoms with Crippen LogP contribution in [0.5, 0.6) is 0 Å². The summed E-state index contributed by atoms with van der Waals surface area (Å²) >= 11 is 0. The lowest BCUT2D eigenvalue weighted by molar-refractivity contribution is -0.0162. The molecule has 0 saturated carbocycles. The van der Waals surface area contributed by atoms with Gasteiger partial charge in [-0.15, -0.1) is 0 Å². The van der Waals surface area contributed by atoms with Crippen molar-refractivity contribution in [1.29, 1.82) is 0 Å². The molecule has 7 heteroatoms. The van der Waals surface area contributed by atoms with E-state index < -0.39 is 0 Å². The second kappa shape index (κ2) is 6.17. The van der Waals surface area contributed by atoms with Crippen molar-refractivity contribution in [2.24, 2.45) is 21.1 Å². The van der Waals surface area contributed by atoms with E-state index in [0.29, 0.717) is 19.8 Å². The van der Waals surface area contributed by atoms with Gasteiger partial charge in [0.05, 0.1) is 19.3 Å². The Hall–Kier alpha value is -2.12. The molecule has 1 aliphatic heterocycles. The van der Waals surface area contributed by atoms with Crippen molar-refractivity contribution < 1.29 is 4.74 Å². The van der Waals surface area contributed by atoms with Crippen LogP contribution in [0.4, 0.5) is 0 Å². The first-order valence-corrected chi connectivity index (χ1v) is 7.68. The fraction of sp³-hybridized carbons (Fsp3) is 0.500. The third-order valence-corrected chi connectivity index (χ3v) is 4.56. The van der Waals surface area contributed by atoms with E-state index in [4.69, 9.17) is 4.74 Å². The van der Waals surface area contributed by atoms with Gasteiger partial charge in [0.15, 0.2) is 0 Å². The summed E-state index contributed by atoms with van der Waals surface area (Å²) in [6.07, 6.45) is 2.01. The molecule has 2 aromatic rings. The van der Waals surface area contributed by atoms with Crippen LogP contribution in [-0.2, 0) is 32.4 Å². The average Bonchev–Trinajstić information content (AvgIpc) is 2.97. The SMILES string of the molecule is Cn1cccc1[C@@H]1COCCN1Cc1cc(=O)n(C)c(=O)n1C. The molecular formula is C16H22N4O3. The van der Waals surface area contributed by atoms with E-state index in [1.165, 1.54) is 12.7 Å². The topological polar surface area (TPSA) is 61.4 Å². The number of hydrogen-bond donors (Lipinski definition) is 0. The minimum atomic E-state index is -0.295. The van der Waals surface area contributed by atoms with Crippen LogP contribution in [0.15, 0.2) is 34.0 Å². The van der Waals surface area contributed by atoms with E-state index in [0.717, 1.165) is 16.8 Å². The molecule has 2 aromatic heterocycles. The molecule has 1 atom stereocenters. The number of aryl methyl sites for hydroxylation is 1. The van der Waals surface area contributed by atoms with Crippen LogP contribution in [0.3, 0.4) is 0 Å². The molecule has 23 heavy (non-hydrogen) atoms. The van der Waals surface area contributed by atoms with Crippen LogP contribution in [0.2, 0.25) is 0 Å². The summed E-state index contributed by atoms with van der Waals surface area (Å²) < 4.78 is 10.4. The molecule has 124 valence electrons. The maximum Gasteiger partial charge on any atom is 0.330 e. The highest BCUT2D eigenvalue weighted by Gasteiger charge is 2.27. The Labute approximate surface area is 134 Å². The highest BCUT2D eigenvalue weighted by atomic mass is 16.5. The molecule has 3 heterocycles. The Morgan fingerprint density at radius 2 is 2.00 bits per heavy atom. The molecule has 0 aromatic carbocycles. The first kappa shape index (κ1) is 15.8. The lowest BCUT2D eigenvalue weighted by Gasteiger charge is -2.36. The predicted molar refractivity (Wildman–Crippen MR) is 86.3 cm³/mol. The first-order valence-electron chi connectivity index (χ1n) is 7.68. The molecule has 1 aliphatic rings. The molecule has 0 amide bonds. The van der Waals surface area contributed by atoms with E-state index in [1.807, 2.05) is 19.3 Å². The fourth-order valence-electron chi connectivity index (χ4n) is 3.06.